The number of rotatable bonds is 8. The Bertz CT molecular complexity index is 1060. The van der Waals surface area contributed by atoms with E-state index in [-0.39, 0.29) is 11.8 Å². The normalized spacial score (nSPS) is 12.8. The molecular formula is C25H25N3O3. The molecule has 0 aliphatic heterocycles. The summed E-state index contributed by atoms with van der Waals surface area (Å²) in [6.45, 7) is 0.535. The lowest BCUT2D eigenvalue weighted by Crippen LogP contribution is -2.25. The van der Waals surface area contributed by atoms with Gasteiger partial charge in [0.2, 0.25) is 0 Å². The molecule has 2 aromatic carbocycles. The molecule has 0 unspecified atom stereocenters. The summed E-state index contributed by atoms with van der Waals surface area (Å²) in [7, 11) is 1.64. The van der Waals surface area contributed by atoms with Gasteiger partial charge in [-0.05, 0) is 61.2 Å². The standard InChI is InChI=1S/C25H25N3O3/c1-31-22-10-2-17(3-11-22)12-14-27-24(29)20-13-15-26-23(16-20)18-4-6-19(7-5-18)25(30)28-21-8-9-21/h2-7,10-11,13,15-16,21H,8-9,12,14H2,1H3,(H,27,29)(H,28,30). The van der Waals surface area contributed by atoms with E-state index in [1.165, 1.54) is 0 Å². The zero-order valence-corrected chi connectivity index (χ0v) is 17.4. The van der Waals surface area contributed by atoms with E-state index in [0.29, 0.717) is 29.4 Å². The SMILES string of the molecule is COc1ccc(CCNC(=O)c2ccnc(-c3ccc(C(=O)NC4CC4)cc3)c2)cc1. The van der Waals surface area contributed by atoms with E-state index in [1.54, 1.807) is 37.6 Å². The second-order valence-corrected chi connectivity index (χ2v) is 7.61. The molecule has 0 atom stereocenters. The van der Waals surface area contributed by atoms with Crippen molar-refractivity contribution in [1.29, 1.82) is 0 Å². The summed E-state index contributed by atoms with van der Waals surface area (Å²) in [5.41, 5.74) is 3.86. The summed E-state index contributed by atoms with van der Waals surface area (Å²) in [6, 6.07) is 18.9. The number of carbonyl (C=O) groups excluding carboxylic acids is 2. The molecule has 0 radical (unpaired) electrons. The summed E-state index contributed by atoms with van der Waals surface area (Å²) < 4.78 is 5.16. The molecule has 0 spiro atoms. The maximum atomic E-state index is 12.6. The lowest BCUT2D eigenvalue weighted by molar-refractivity contribution is 0.0944. The summed E-state index contributed by atoms with van der Waals surface area (Å²) >= 11 is 0. The molecule has 0 saturated heterocycles. The fourth-order valence-corrected chi connectivity index (χ4v) is 3.23. The summed E-state index contributed by atoms with van der Waals surface area (Å²) in [6.07, 6.45) is 4.48. The molecule has 1 saturated carbocycles. The summed E-state index contributed by atoms with van der Waals surface area (Å²) in [5.74, 6) is 0.623. The Morgan fingerprint density at radius 1 is 0.968 bits per heavy atom. The van der Waals surface area contributed by atoms with E-state index in [1.807, 2.05) is 36.4 Å². The van der Waals surface area contributed by atoms with Crippen molar-refractivity contribution in [3.05, 3.63) is 83.6 Å². The number of amides is 2. The third-order valence-corrected chi connectivity index (χ3v) is 5.24. The first kappa shape index (κ1) is 20.6. The van der Waals surface area contributed by atoms with Crippen LogP contribution in [0.3, 0.4) is 0 Å². The Morgan fingerprint density at radius 2 is 1.71 bits per heavy atom. The number of nitrogens with one attached hydrogen (secondary N) is 2. The van der Waals surface area contributed by atoms with Gasteiger partial charge >= 0.3 is 0 Å². The Hall–Kier alpha value is -3.67. The third kappa shape index (κ3) is 5.48. The maximum Gasteiger partial charge on any atom is 0.251 e. The Balaban J connectivity index is 1.35. The van der Waals surface area contributed by atoms with Crippen LogP contribution < -0.4 is 15.4 Å². The van der Waals surface area contributed by atoms with E-state index in [2.05, 4.69) is 15.6 Å². The lowest BCUT2D eigenvalue weighted by atomic mass is 10.1. The number of benzene rings is 2. The van der Waals surface area contributed by atoms with Crippen molar-refractivity contribution in [2.75, 3.05) is 13.7 Å². The van der Waals surface area contributed by atoms with Crippen LogP contribution in [0.4, 0.5) is 0 Å². The van der Waals surface area contributed by atoms with Gasteiger partial charge in [0.1, 0.15) is 5.75 Å². The molecule has 4 rings (SSSR count). The Morgan fingerprint density at radius 3 is 2.39 bits per heavy atom. The molecule has 1 heterocycles. The van der Waals surface area contributed by atoms with Gasteiger partial charge in [-0.3, -0.25) is 14.6 Å². The molecule has 1 aliphatic rings. The summed E-state index contributed by atoms with van der Waals surface area (Å²) in [4.78, 5) is 29.1. The molecule has 1 aromatic heterocycles. The quantitative estimate of drug-likeness (QED) is 0.589. The molecule has 2 N–H and O–H groups in total. The fraction of sp³-hybridized carbons (Fsp3) is 0.240. The van der Waals surface area contributed by atoms with Gasteiger partial charge in [-0.15, -0.1) is 0 Å². The molecule has 2 amide bonds. The molecule has 6 heteroatoms. The van der Waals surface area contributed by atoms with Gasteiger partial charge in [-0.25, -0.2) is 0 Å². The number of hydrogen-bond acceptors (Lipinski definition) is 4. The van der Waals surface area contributed by atoms with Gasteiger partial charge in [-0.2, -0.15) is 0 Å². The highest BCUT2D eigenvalue weighted by Crippen LogP contribution is 2.21. The van der Waals surface area contributed by atoms with Crippen molar-refractivity contribution in [2.45, 2.75) is 25.3 Å². The molecule has 6 nitrogen and oxygen atoms in total. The minimum Gasteiger partial charge on any atom is -0.497 e. The van der Waals surface area contributed by atoms with E-state index in [0.717, 1.165) is 36.1 Å². The fourth-order valence-electron chi connectivity index (χ4n) is 3.23. The first-order valence-electron chi connectivity index (χ1n) is 10.4. The zero-order chi connectivity index (χ0) is 21.6. The van der Waals surface area contributed by atoms with Crippen LogP contribution in [0, 0.1) is 0 Å². The van der Waals surface area contributed by atoms with Gasteiger partial charge in [-0.1, -0.05) is 24.3 Å². The molecule has 3 aromatic rings. The van der Waals surface area contributed by atoms with Crippen LogP contribution in [0.2, 0.25) is 0 Å². The minimum atomic E-state index is -0.141. The number of ether oxygens (including phenoxy) is 1. The Labute approximate surface area is 181 Å². The highest BCUT2D eigenvalue weighted by atomic mass is 16.5. The van der Waals surface area contributed by atoms with Crippen LogP contribution in [-0.2, 0) is 6.42 Å². The predicted octanol–water partition coefficient (Wildman–Crippen LogP) is 3.62. The van der Waals surface area contributed by atoms with Crippen LogP contribution >= 0.6 is 0 Å². The average Bonchev–Trinajstić information content (AvgIpc) is 3.63. The third-order valence-electron chi connectivity index (χ3n) is 5.24. The van der Waals surface area contributed by atoms with Crippen molar-refractivity contribution < 1.29 is 14.3 Å². The first-order chi connectivity index (χ1) is 15.1. The van der Waals surface area contributed by atoms with Gasteiger partial charge in [0.05, 0.1) is 12.8 Å². The number of hydrogen-bond donors (Lipinski definition) is 2. The van der Waals surface area contributed by atoms with Crippen LogP contribution in [0.15, 0.2) is 66.9 Å². The van der Waals surface area contributed by atoms with Gasteiger partial charge in [0.15, 0.2) is 0 Å². The molecule has 1 fully saturated rings. The van der Waals surface area contributed by atoms with Crippen molar-refractivity contribution in [3.63, 3.8) is 0 Å². The second kappa shape index (κ2) is 9.43. The summed E-state index contributed by atoms with van der Waals surface area (Å²) in [5, 5.41) is 5.93. The maximum absolute atomic E-state index is 12.6. The molecule has 0 bridgehead atoms. The highest BCUT2D eigenvalue weighted by molar-refractivity contribution is 5.96. The molecule has 1 aliphatic carbocycles. The highest BCUT2D eigenvalue weighted by Gasteiger charge is 2.23. The van der Waals surface area contributed by atoms with Crippen LogP contribution in [-0.4, -0.2) is 36.5 Å². The Kier molecular flexibility index (Phi) is 6.26. The van der Waals surface area contributed by atoms with Gasteiger partial charge < -0.3 is 15.4 Å². The number of pyridine rings is 1. The number of carbonyl (C=O) groups is 2. The number of nitrogens with zero attached hydrogens (tertiary/aromatic N) is 1. The monoisotopic (exact) mass is 415 g/mol. The molecule has 31 heavy (non-hydrogen) atoms. The lowest BCUT2D eigenvalue weighted by Gasteiger charge is -2.08. The largest absolute Gasteiger partial charge is 0.497 e. The topological polar surface area (TPSA) is 80.3 Å². The molecule has 158 valence electrons. The first-order valence-corrected chi connectivity index (χ1v) is 10.4. The van der Waals surface area contributed by atoms with Crippen LogP contribution in [0.25, 0.3) is 11.3 Å². The number of methoxy groups -OCH3 is 1. The number of aromatic nitrogens is 1. The van der Waals surface area contributed by atoms with E-state index in [9.17, 15) is 9.59 Å². The molecular weight excluding hydrogens is 390 g/mol. The average molecular weight is 415 g/mol. The zero-order valence-electron chi connectivity index (χ0n) is 17.4. The van der Waals surface area contributed by atoms with Crippen LogP contribution in [0.1, 0.15) is 39.1 Å². The predicted molar refractivity (Wildman–Crippen MR) is 119 cm³/mol. The van der Waals surface area contributed by atoms with Crippen molar-refractivity contribution in [2.24, 2.45) is 0 Å². The minimum absolute atomic E-state index is 0.0491. The van der Waals surface area contributed by atoms with Crippen LogP contribution in [0.5, 0.6) is 5.75 Å². The van der Waals surface area contributed by atoms with Crippen molar-refractivity contribution in [1.82, 2.24) is 15.6 Å². The van der Waals surface area contributed by atoms with E-state index < -0.39 is 0 Å². The smallest absolute Gasteiger partial charge is 0.251 e. The van der Waals surface area contributed by atoms with Gasteiger partial charge in [0, 0.05) is 35.5 Å². The van der Waals surface area contributed by atoms with Gasteiger partial charge in [0.25, 0.3) is 11.8 Å². The second-order valence-electron chi connectivity index (χ2n) is 7.61. The van der Waals surface area contributed by atoms with Crippen molar-refractivity contribution in [3.8, 4) is 17.0 Å². The van der Waals surface area contributed by atoms with Crippen molar-refractivity contribution >= 4 is 11.8 Å². The van der Waals surface area contributed by atoms with E-state index in [4.69, 9.17) is 4.74 Å². The van der Waals surface area contributed by atoms with E-state index >= 15 is 0 Å².